The summed E-state index contributed by atoms with van der Waals surface area (Å²) >= 11 is 0. The predicted molar refractivity (Wildman–Crippen MR) is 116 cm³/mol. The SMILES string of the molecule is COc1ccccc1CCNC(=O)COC(=O)CCc1c(C)nc2cc(C)nn2c1C. The lowest BCUT2D eigenvalue weighted by molar-refractivity contribution is -0.148. The van der Waals surface area contributed by atoms with Crippen LogP contribution in [0.5, 0.6) is 5.75 Å². The number of rotatable bonds is 9. The van der Waals surface area contributed by atoms with Gasteiger partial charge in [0.2, 0.25) is 0 Å². The predicted octanol–water partition coefficient (Wildman–Crippen LogP) is 2.50. The van der Waals surface area contributed by atoms with E-state index >= 15 is 0 Å². The van der Waals surface area contributed by atoms with Crippen molar-refractivity contribution in [2.75, 3.05) is 20.3 Å². The molecule has 2 aromatic heterocycles. The molecule has 0 aliphatic heterocycles. The van der Waals surface area contributed by atoms with Gasteiger partial charge in [-0.15, -0.1) is 0 Å². The van der Waals surface area contributed by atoms with Gasteiger partial charge in [-0.3, -0.25) is 9.59 Å². The summed E-state index contributed by atoms with van der Waals surface area (Å²) < 4.78 is 12.2. The molecule has 0 atom stereocenters. The van der Waals surface area contributed by atoms with Crippen molar-refractivity contribution in [1.29, 1.82) is 0 Å². The zero-order valence-electron chi connectivity index (χ0n) is 18.4. The monoisotopic (exact) mass is 424 g/mol. The number of para-hydroxylation sites is 1. The fourth-order valence-corrected chi connectivity index (χ4v) is 3.55. The Morgan fingerprint density at radius 2 is 1.90 bits per heavy atom. The molecule has 0 radical (unpaired) electrons. The smallest absolute Gasteiger partial charge is 0.306 e. The van der Waals surface area contributed by atoms with Crippen LogP contribution in [-0.2, 0) is 27.2 Å². The Kier molecular flexibility index (Phi) is 7.23. The zero-order valence-corrected chi connectivity index (χ0v) is 18.4. The standard InChI is InChI=1S/C23H28N4O4/c1-15-13-21-25-16(2)19(17(3)27(21)26-15)9-10-23(29)31-14-22(28)24-12-11-18-7-5-6-8-20(18)30-4/h5-8,13H,9-12,14H2,1-4H3,(H,24,28). The number of nitrogens with zero attached hydrogens (tertiary/aromatic N) is 3. The molecular formula is C23H28N4O4. The topological polar surface area (TPSA) is 94.8 Å². The van der Waals surface area contributed by atoms with Gasteiger partial charge in [0, 0.05) is 30.4 Å². The second-order valence-corrected chi connectivity index (χ2v) is 7.39. The minimum Gasteiger partial charge on any atom is -0.496 e. The van der Waals surface area contributed by atoms with Crippen LogP contribution < -0.4 is 10.1 Å². The average molecular weight is 425 g/mol. The molecule has 1 aromatic carbocycles. The highest BCUT2D eigenvalue weighted by Gasteiger charge is 2.14. The van der Waals surface area contributed by atoms with Crippen molar-refractivity contribution in [2.24, 2.45) is 0 Å². The molecular weight excluding hydrogens is 396 g/mol. The van der Waals surface area contributed by atoms with Gasteiger partial charge in [-0.05, 0) is 50.8 Å². The van der Waals surface area contributed by atoms with Crippen LogP contribution >= 0.6 is 0 Å². The minimum atomic E-state index is -0.421. The van der Waals surface area contributed by atoms with Crippen LogP contribution in [0.4, 0.5) is 0 Å². The first-order valence-corrected chi connectivity index (χ1v) is 10.3. The third-order valence-corrected chi connectivity index (χ3v) is 5.14. The summed E-state index contributed by atoms with van der Waals surface area (Å²) in [6.45, 7) is 5.94. The maximum absolute atomic E-state index is 12.1. The van der Waals surface area contributed by atoms with Crippen LogP contribution in [0.1, 0.15) is 34.6 Å². The Bertz CT molecular complexity index is 1090. The molecule has 3 aromatic rings. The quantitative estimate of drug-likeness (QED) is 0.531. The number of carbonyl (C=O) groups is 2. The van der Waals surface area contributed by atoms with E-state index in [4.69, 9.17) is 9.47 Å². The molecule has 0 aliphatic rings. The van der Waals surface area contributed by atoms with Crippen LogP contribution in [0.25, 0.3) is 5.65 Å². The van der Waals surface area contributed by atoms with Crippen LogP contribution in [0.3, 0.4) is 0 Å². The number of hydrogen-bond acceptors (Lipinski definition) is 6. The largest absolute Gasteiger partial charge is 0.496 e. The first kappa shape index (κ1) is 22.3. The van der Waals surface area contributed by atoms with E-state index in [9.17, 15) is 9.59 Å². The molecule has 1 amide bonds. The lowest BCUT2D eigenvalue weighted by Crippen LogP contribution is -2.30. The second kappa shape index (κ2) is 10.1. The molecule has 0 saturated heterocycles. The molecule has 8 heteroatoms. The van der Waals surface area contributed by atoms with Gasteiger partial charge in [-0.1, -0.05) is 18.2 Å². The first-order valence-electron chi connectivity index (χ1n) is 10.3. The van der Waals surface area contributed by atoms with Crippen molar-refractivity contribution >= 4 is 17.5 Å². The number of nitrogens with one attached hydrogen (secondary N) is 1. The first-order chi connectivity index (χ1) is 14.9. The van der Waals surface area contributed by atoms with Crippen LogP contribution in [0, 0.1) is 20.8 Å². The number of carbonyl (C=O) groups excluding carboxylic acids is 2. The molecule has 8 nitrogen and oxygen atoms in total. The van der Waals surface area contributed by atoms with E-state index in [0.717, 1.165) is 39.6 Å². The van der Waals surface area contributed by atoms with E-state index in [1.165, 1.54) is 0 Å². The van der Waals surface area contributed by atoms with Crippen LogP contribution in [-0.4, -0.2) is 46.7 Å². The van der Waals surface area contributed by atoms with Gasteiger partial charge in [0.25, 0.3) is 5.91 Å². The number of hydrogen-bond donors (Lipinski definition) is 1. The van der Waals surface area contributed by atoms with Crippen molar-refractivity contribution in [2.45, 2.75) is 40.0 Å². The number of aromatic nitrogens is 3. The summed E-state index contributed by atoms with van der Waals surface area (Å²) in [5.74, 6) is 0.0350. The number of amides is 1. The highest BCUT2D eigenvalue weighted by Crippen LogP contribution is 2.18. The van der Waals surface area contributed by atoms with E-state index in [2.05, 4.69) is 15.4 Å². The Balaban J connectivity index is 1.44. The number of aryl methyl sites for hydroxylation is 3. The van der Waals surface area contributed by atoms with Gasteiger partial charge >= 0.3 is 5.97 Å². The maximum Gasteiger partial charge on any atom is 0.306 e. The number of fused-ring (bicyclic) bond motifs is 1. The van der Waals surface area contributed by atoms with Crippen molar-refractivity contribution in [3.63, 3.8) is 0 Å². The highest BCUT2D eigenvalue weighted by molar-refractivity contribution is 5.80. The molecule has 164 valence electrons. The maximum atomic E-state index is 12.1. The summed E-state index contributed by atoms with van der Waals surface area (Å²) in [6.07, 6.45) is 1.28. The molecule has 3 rings (SSSR count). The molecule has 1 N–H and O–H groups in total. The molecule has 0 fully saturated rings. The van der Waals surface area contributed by atoms with Gasteiger partial charge in [0.05, 0.1) is 12.8 Å². The Hall–Kier alpha value is -3.42. The summed E-state index contributed by atoms with van der Waals surface area (Å²) in [5.41, 5.74) is 5.48. The molecule has 31 heavy (non-hydrogen) atoms. The van der Waals surface area contributed by atoms with Gasteiger partial charge in [-0.25, -0.2) is 9.50 Å². The second-order valence-electron chi connectivity index (χ2n) is 7.39. The fourth-order valence-electron chi connectivity index (χ4n) is 3.55. The lowest BCUT2D eigenvalue weighted by atomic mass is 10.1. The van der Waals surface area contributed by atoms with Crippen molar-refractivity contribution in [3.05, 3.63) is 58.5 Å². The summed E-state index contributed by atoms with van der Waals surface area (Å²) in [4.78, 5) is 28.7. The average Bonchev–Trinajstić information content (AvgIpc) is 3.12. The van der Waals surface area contributed by atoms with Gasteiger partial charge in [-0.2, -0.15) is 5.10 Å². The minimum absolute atomic E-state index is 0.170. The van der Waals surface area contributed by atoms with Gasteiger partial charge in [0.15, 0.2) is 12.3 Å². The van der Waals surface area contributed by atoms with Crippen molar-refractivity contribution < 1.29 is 19.1 Å². The Morgan fingerprint density at radius 3 is 2.68 bits per heavy atom. The van der Waals surface area contributed by atoms with E-state index in [1.54, 1.807) is 11.6 Å². The highest BCUT2D eigenvalue weighted by atomic mass is 16.5. The van der Waals surface area contributed by atoms with Crippen molar-refractivity contribution in [1.82, 2.24) is 19.9 Å². The molecule has 0 spiro atoms. The summed E-state index contributed by atoms with van der Waals surface area (Å²) in [5, 5.41) is 7.20. The number of esters is 1. The number of benzene rings is 1. The normalized spacial score (nSPS) is 10.8. The number of methoxy groups -OCH3 is 1. The molecule has 0 unspecified atom stereocenters. The Labute approximate surface area is 181 Å². The van der Waals surface area contributed by atoms with E-state index in [1.807, 2.05) is 51.1 Å². The van der Waals surface area contributed by atoms with Crippen molar-refractivity contribution in [3.8, 4) is 5.75 Å². The molecule has 0 saturated carbocycles. The summed E-state index contributed by atoms with van der Waals surface area (Å²) in [7, 11) is 1.62. The number of ether oxygens (including phenoxy) is 2. The fraction of sp³-hybridized carbons (Fsp3) is 0.391. The molecule has 0 aliphatic carbocycles. The van der Waals surface area contributed by atoms with E-state index in [0.29, 0.717) is 19.4 Å². The van der Waals surface area contributed by atoms with Gasteiger partial charge in [0.1, 0.15) is 5.75 Å². The summed E-state index contributed by atoms with van der Waals surface area (Å²) in [6, 6.07) is 9.57. The van der Waals surface area contributed by atoms with Crippen LogP contribution in [0.2, 0.25) is 0 Å². The lowest BCUT2D eigenvalue weighted by Gasteiger charge is -2.11. The third kappa shape index (κ3) is 5.59. The van der Waals surface area contributed by atoms with Gasteiger partial charge < -0.3 is 14.8 Å². The van der Waals surface area contributed by atoms with Crippen LogP contribution in [0.15, 0.2) is 30.3 Å². The van der Waals surface area contributed by atoms with E-state index < -0.39 is 5.97 Å². The Morgan fingerprint density at radius 1 is 1.13 bits per heavy atom. The molecule has 2 heterocycles. The zero-order chi connectivity index (χ0) is 22.4. The van der Waals surface area contributed by atoms with E-state index in [-0.39, 0.29) is 18.9 Å². The third-order valence-electron chi connectivity index (χ3n) is 5.14. The molecule has 0 bridgehead atoms.